The second-order valence-corrected chi connectivity index (χ2v) is 4.13. The van der Waals surface area contributed by atoms with Crippen molar-refractivity contribution in [3.8, 4) is 5.75 Å². The lowest BCUT2D eigenvalue weighted by atomic mass is 10.3. The number of nitrogens with one attached hydrogen (secondary N) is 2. The second-order valence-electron chi connectivity index (χ2n) is 4.13. The zero-order chi connectivity index (χ0) is 14.3. The lowest BCUT2D eigenvalue weighted by molar-refractivity contribution is 0.232. The zero-order valence-electron chi connectivity index (χ0n) is 11.0. The Morgan fingerprint density at radius 3 is 2.79 bits per heavy atom. The van der Waals surface area contributed by atoms with Crippen LogP contribution in [0, 0.1) is 11.6 Å². The molecule has 1 aromatic carbocycles. The highest BCUT2D eigenvalue weighted by atomic mass is 19.1. The summed E-state index contributed by atoms with van der Waals surface area (Å²) in [5, 5.41) is 5.30. The number of urea groups is 1. The first-order valence-electron chi connectivity index (χ1n) is 6.15. The van der Waals surface area contributed by atoms with Gasteiger partial charge in [-0.05, 0) is 25.5 Å². The van der Waals surface area contributed by atoms with Gasteiger partial charge in [0.25, 0.3) is 0 Å². The molecule has 1 unspecified atom stereocenters. The molecule has 106 valence electrons. The number of ether oxygens (including phenoxy) is 1. The summed E-state index contributed by atoms with van der Waals surface area (Å²) in [6.45, 7) is 4.20. The SMILES string of the molecule is CCC(C)NC(=O)NCCOc1ccc(F)cc1F. The molecule has 0 aliphatic heterocycles. The van der Waals surface area contributed by atoms with E-state index in [4.69, 9.17) is 4.74 Å². The molecule has 0 saturated carbocycles. The molecule has 0 aliphatic rings. The second kappa shape index (κ2) is 7.56. The van der Waals surface area contributed by atoms with Crippen LogP contribution >= 0.6 is 0 Å². The van der Waals surface area contributed by atoms with Crippen LogP contribution in [0.2, 0.25) is 0 Å². The molecule has 0 fully saturated rings. The number of rotatable bonds is 6. The molecule has 0 heterocycles. The van der Waals surface area contributed by atoms with Gasteiger partial charge in [-0.3, -0.25) is 0 Å². The van der Waals surface area contributed by atoms with Crippen LogP contribution in [-0.2, 0) is 0 Å². The molecule has 1 atom stereocenters. The Kier molecular flexibility index (Phi) is 6.05. The van der Waals surface area contributed by atoms with Crippen molar-refractivity contribution in [2.75, 3.05) is 13.2 Å². The molecule has 0 spiro atoms. The summed E-state index contributed by atoms with van der Waals surface area (Å²) in [5.74, 6) is -1.45. The topological polar surface area (TPSA) is 50.4 Å². The van der Waals surface area contributed by atoms with E-state index >= 15 is 0 Å². The highest BCUT2D eigenvalue weighted by Gasteiger charge is 2.06. The average molecular weight is 272 g/mol. The first-order valence-corrected chi connectivity index (χ1v) is 6.15. The van der Waals surface area contributed by atoms with Crippen LogP contribution < -0.4 is 15.4 Å². The number of carbonyl (C=O) groups is 1. The van der Waals surface area contributed by atoms with Crippen molar-refractivity contribution in [1.82, 2.24) is 10.6 Å². The summed E-state index contributed by atoms with van der Waals surface area (Å²) < 4.78 is 30.9. The molecular formula is C13H18F2N2O2. The molecule has 19 heavy (non-hydrogen) atoms. The normalized spacial score (nSPS) is 11.8. The molecule has 0 saturated heterocycles. The van der Waals surface area contributed by atoms with E-state index in [1.165, 1.54) is 6.07 Å². The van der Waals surface area contributed by atoms with E-state index in [9.17, 15) is 13.6 Å². The standard InChI is InChI=1S/C13H18F2N2O2/c1-3-9(2)17-13(18)16-6-7-19-12-5-4-10(14)8-11(12)15/h4-5,8-9H,3,6-7H2,1-2H3,(H2,16,17,18). The summed E-state index contributed by atoms with van der Waals surface area (Å²) >= 11 is 0. The van der Waals surface area contributed by atoms with Crippen LogP contribution in [0.5, 0.6) is 5.75 Å². The van der Waals surface area contributed by atoms with Gasteiger partial charge in [-0.1, -0.05) is 6.92 Å². The van der Waals surface area contributed by atoms with Gasteiger partial charge in [0.15, 0.2) is 11.6 Å². The quantitative estimate of drug-likeness (QED) is 0.781. The molecule has 0 radical (unpaired) electrons. The third-order valence-corrected chi connectivity index (χ3v) is 2.53. The predicted octanol–water partition coefficient (Wildman–Crippen LogP) is 2.44. The predicted molar refractivity (Wildman–Crippen MR) is 68.1 cm³/mol. The van der Waals surface area contributed by atoms with Crippen molar-refractivity contribution in [1.29, 1.82) is 0 Å². The van der Waals surface area contributed by atoms with Gasteiger partial charge in [0.05, 0.1) is 6.54 Å². The molecule has 0 aromatic heterocycles. The molecule has 6 heteroatoms. The molecular weight excluding hydrogens is 254 g/mol. The van der Waals surface area contributed by atoms with Crippen LogP contribution in [0.3, 0.4) is 0 Å². The first-order chi connectivity index (χ1) is 9.02. The van der Waals surface area contributed by atoms with Gasteiger partial charge in [0, 0.05) is 12.1 Å². The molecule has 0 bridgehead atoms. The largest absolute Gasteiger partial charge is 0.489 e. The van der Waals surface area contributed by atoms with Gasteiger partial charge in [-0.15, -0.1) is 0 Å². The summed E-state index contributed by atoms with van der Waals surface area (Å²) in [5.41, 5.74) is 0. The van der Waals surface area contributed by atoms with Gasteiger partial charge in [0.2, 0.25) is 0 Å². The van der Waals surface area contributed by atoms with Gasteiger partial charge >= 0.3 is 6.03 Å². The zero-order valence-corrected chi connectivity index (χ0v) is 11.0. The molecule has 2 N–H and O–H groups in total. The van der Waals surface area contributed by atoms with Crippen LogP contribution in [-0.4, -0.2) is 25.2 Å². The Labute approximate surface area is 111 Å². The van der Waals surface area contributed by atoms with Crippen LogP contribution in [0.15, 0.2) is 18.2 Å². The molecule has 0 aliphatic carbocycles. The van der Waals surface area contributed by atoms with E-state index in [0.29, 0.717) is 0 Å². The monoisotopic (exact) mass is 272 g/mol. The number of hydrogen-bond acceptors (Lipinski definition) is 2. The highest BCUT2D eigenvalue weighted by Crippen LogP contribution is 2.17. The van der Waals surface area contributed by atoms with Crippen molar-refractivity contribution >= 4 is 6.03 Å². The lowest BCUT2D eigenvalue weighted by Crippen LogP contribution is -2.41. The fourth-order valence-electron chi connectivity index (χ4n) is 1.29. The number of amides is 2. The van der Waals surface area contributed by atoms with E-state index in [1.54, 1.807) is 0 Å². The maximum Gasteiger partial charge on any atom is 0.315 e. The highest BCUT2D eigenvalue weighted by molar-refractivity contribution is 5.74. The fourth-order valence-corrected chi connectivity index (χ4v) is 1.29. The van der Waals surface area contributed by atoms with Crippen LogP contribution in [0.4, 0.5) is 13.6 Å². The Morgan fingerprint density at radius 2 is 2.16 bits per heavy atom. The molecule has 1 rings (SSSR count). The summed E-state index contributed by atoms with van der Waals surface area (Å²) in [4.78, 5) is 11.3. The van der Waals surface area contributed by atoms with E-state index in [0.717, 1.165) is 18.6 Å². The van der Waals surface area contributed by atoms with Crippen molar-refractivity contribution in [2.24, 2.45) is 0 Å². The minimum Gasteiger partial charge on any atom is -0.489 e. The minimum absolute atomic E-state index is 0.0365. The van der Waals surface area contributed by atoms with Crippen LogP contribution in [0.1, 0.15) is 20.3 Å². The summed E-state index contributed by atoms with van der Waals surface area (Å²) in [6, 6.07) is 2.87. The Hall–Kier alpha value is -1.85. The van der Waals surface area contributed by atoms with Crippen molar-refractivity contribution in [2.45, 2.75) is 26.3 Å². The van der Waals surface area contributed by atoms with E-state index < -0.39 is 11.6 Å². The van der Waals surface area contributed by atoms with Crippen molar-refractivity contribution < 1.29 is 18.3 Å². The van der Waals surface area contributed by atoms with E-state index in [-0.39, 0.29) is 31.0 Å². The molecule has 2 amide bonds. The number of hydrogen-bond donors (Lipinski definition) is 2. The van der Waals surface area contributed by atoms with E-state index in [1.807, 2.05) is 13.8 Å². The summed E-state index contributed by atoms with van der Waals surface area (Å²) in [7, 11) is 0. The van der Waals surface area contributed by atoms with Crippen molar-refractivity contribution in [3.63, 3.8) is 0 Å². The van der Waals surface area contributed by atoms with Gasteiger partial charge < -0.3 is 15.4 Å². The number of benzene rings is 1. The maximum atomic E-state index is 13.2. The number of halogens is 2. The fraction of sp³-hybridized carbons (Fsp3) is 0.462. The molecule has 1 aromatic rings. The average Bonchev–Trinajstić information content (AvgIpc) is 2.36. The smallest absolute Gasteiger partial charge is 0.315 e. The maximum absolute atomic E-state index is 13.2. The molecule has 4 nitrogen and oxygen atoms in total. The van der Waals surface area contributed by atoms with E-state index in [2.05, 4.69) is 10.6 Å². The lowest BCUT2D eigenvalue weighted by Gasteiger charge is -2.13. The third-order valence-electron chi connectivity index (χ3n) is 2.53. The minimum atomic E-state index is -0.760. The Bertz CT molecular complexity index is 427. The summed E-state index contributed by atoms with van der Waals surface area (Å²) in [6.07, 6.45) is 0.838. The van der Waals surface area contributed by atoms with Gasteiger partial charge in [-0.25, -0.2) is 13.6 Å². The Morgan fingerprint density at radius 1 is 1.42 bits per heavy atom. The van der Waals surface area contributed by atoms with Gasteiger partial charge in [-0.2, -0.15) is 0 Å². The first kappa shape index (κ1) is 15.2. The van der Waals surface area contributed by atoms with Gasteiger partial charge in [0.1, 0.15) is 12.4 Å². The third kappa shape index (κ3) is 5.54. The number of carbonyl (C=O) groups excluding carboxylic acids is 1. The van der Waals surface area contributed by atoms with Crippen molar-refractivity contribution in [3.05, 3.63) is 29.8 Å². The Balaban J connectivity index is 2.25. The van der Waals surface area contributed by atoms with Crippen LogP contribution in [0.25, 0.3) is 0 Å².